The van der Waals surface area contributed by atoms with Crippen LogP contribution in [0, 0.1) is 6.92 Å². The van der Waals surface area contributed by atoms with E-state index < -0.39 is 0 Å². The number of nitrogens with zero attached hydrogens (tertiary/aromatic N) is 1. The van der Waals surface area contributed by atoms with Crippen molar-refractivity contribution in [2.24, 2.45) is 5.73 Å². The number of pyridine rings is 1. The molecule has 0 aliphatic rings. The molecular formula is C13H21N3O. The fourth-order valence-electron chi connectivity index (χ4n) is 1.33. The van der Waals surface area contributed by atoms with Gasteiger partial charge >= 0.3 is 0 Å². The van der Waals surface area contributed by atoms with Crippen molar-refractivity contribution in [1.82, 2.24) is 10.3 Å². The summed E-state index contributed by atoms with van der Waals surface area (Å²) in [5.74, 6) is 0.0316. The van der Waals surface area contributed by atoms with Crippen LogP contribution in [0.25, 0.3) is 0 Å². The molecule has 4 nitrogen and oxygen atoms in total. The minimum absolute atomic E-state index is 0.0316. The van der Waals surface area contributed by atoms with Crippen LogP contribution in [-0.2, 0) is 11.3 Å². The van der Waals surface area contributed by atoms with E-state index in [1.807, 2.05) is 32.9 Å². The zero-order valence-corrected chi connectivity index (χ0v) is 10.8. The number of aryl methyl sites for hydroxylation is 1. The Balaban J connectivity index is 2.31. The van der Waals surface area contributed by atoms with Gasteiger partial charge in [0.2, 0.25) is 5.91 Å². The Morgan fingerprint density at radius 1 is 1.47 bits per heavy atom. The Labute approximate surface area is 103 Å². The first-order valence-corrected chi connectivity index (χ1v) is 5.84. The second-order valence-corrected chi connectivity index (χ2v) is 5.07. The average molecular weight is 235 g/mol. The summed E-state index contributed by atoms with van der Waals surface area (Å²) >= 11 is 0. The van der Waals surface area contributed by atoms with E-state index in [-0.39, 0.29) is 11.4 Å². The van der Waals surface area contributed by atoms with Crippen molar-refractivity contribution in [1.29, 1.82) is 0 Å². The summed E-state index contributed by atoms with van der Waals surface area (Å²) < 4.78 is 0. The van der Waals surface area contributed by atoms with Gasteiger partial charge in [-0.1, -0.05) is 6.07 Å². The van der Waals surface area contributed by atoms with Crippen LogP contribution in [0.15, 0.2) is 18.3 Å². The third kappa shape index (κ3) is 6.02. The first kappa shape index (κ1) is 13.6. The Morgan fingerprint density at radius 2 is 2.18 bits per heavy atom. The summed E-state index contributed by atoms with van der Waals surface area (Å²) in [4.78, 5) is 15.7. The smallest absolute Gasteiger partial charge is 0.220 e. The van der Waals surface area contributed by atoms with Crippen LogP contribution in [0.5, 0.6) is 0 Å². The van der Waals surface area contributed by atoms with Gasteiger partial charge < -0.3 is 11.1 Å². The molecule has 1 amide bonds. The zero-order valence-electron chi connectivity index (χ0n) is 10.8. The molecule has 0 saturated heterocycles. The van der Waals surface area contributed by atoms with Crippen molar-refractivity contribution in [3.8, 4) is 0 Å². The van der Waals surface area contributed by atoms with E-state index in [1.54, 1.807) is 6.20 Å². The second kappa shape index (κ2) is 5.77. The van der Waals surface area contributed by atoms with E-state index in [1.165, 1.54) is 0 Å². The Bertz CT molecular complexity index is 365. The lowest BCUT2D eigenvalue weighted by Gasteiger charge is -2.17. The third-order valence-corrected chi connectivity index (χ3v) is 2.46. The normalized spacial score (nSPS) is 11.3. The molecule has 4 heteroatoms. The van der Waals surface area contributed by atoms with E-state index in [0.29, 0.717) is 19.4 Å². The molecule has 3 N–H and O–H groups in total. The Hall–Kier alpha value is -1.42. The predicted octanol–water partition coefficient (Wildman–Crippen LogP) is 1.52. The van der Waals surface area contributed by atoms with Crippen LogP contribution in [0.1, 0.15) is 37.9 Å². The van der Waals surface area contributed by atoms with Crippen LogP contribution in [0.4, 0.5) is 0 Å². The Morgan fingerprint density at radius 3 is 2.71 bits per heavy atom. The largest absolute Gasteiger partial charge is 0.352 e. The van der Waals surface area contributed by atoms with Crippen molar-refractivity contribution in [2.45, 2.75) is 45.7 Å². The molecule has 0 aliphatic carbocycles. The number of amides is 1. The highest BCUT2D eigenvalue weighted by atomic mass is 16.1. The van der Waals surface area contributed by atoms with Gasteiger partial charge in [0.1, 0.15) is 0 Å². The quantitative estimate of drug-likeness (QED) is 0.813. The van der Waals surface area contributed by atoms with Crippen LogP contribution in [0.2, 0.25) is 0 Å². The fourth-order valence-corrected chi connectivity index (χ4v) is 1.33. The minimum atomic E-state index is -0.289. The standard InChI is InChI=1S/C13H21N3O/c1-10-4-5-11(8-15-10)9-16-12(17)6-7-13(2,3)14/h4-5,8H,6-7,9,14H2,1-3H3,(H,16,17). The number of rotatable bonds is 5. The third-order valence-electron chi connectivity index (χ3n) is 2.46. The molecule has 1 aromatic rings. The van der Waals surface area contributed by atoms with E-state index in [4.69, 9.17) is 5.73 Å². The SMILES string of the molecule is Cc1ccc(CNC(=O)CCC(C)(C)N)cn1. The molecule has 0 atom stereocenters. The molecule has 0 aliphatic heterocycles. The zero-order chi connectivity index (χ0) is 12.9. The molecule has 0 fully saturated rings. The number of nitrogens with two attached hydrogens (primary N) is 1. The van der Waals surface area contributed by atoms with Crippen LogP contribution < -0.4 is 11.1 Å². The highest BCUT2D eigenvalue weighted by molar-refractivity contribution is 5.75. The maximum Gasteiger partial charge on any atom is 0.220 e. The lowest BCUT2D eigenvalue weighted by Crippen LogP contribution is -2.34. The molecule has 0 spiro atoms. The van der Waals surface area contributed by atoms with Crippen molar-refractivity contribution >= 4 is 5.91 Å². The molecule has 0 unspecified atom stereocenters. The van der Waals surface area contributed by atoms with Gasteiger partial charge in [0.25, 0.3) is 0 Å². The number of carbonyl (C=O) groups is 1. The van der Waals surface area contributed by atoms with Crippen LogP contribution >= 0.6 is 0 Å². The molecule has 0 radical (unpaired) electrons. The van der Waals surface area contributed by atoms with Gasteiger partial charge in [0.15, 0.2) is 0 Å². The molecule has 0 aromatic carbocycles. The van der Waals surface area contributed by atoms with Gasteiger partial charge in [0, 0.05) is 30.4 Å². The van der Waals surface area contributed by atoms with Gasteiger partial charge in [-0.3, -0.25) is 9.78 Å². The number of hydrogen-bond donors (Lipinski definition) is 2. The maximum absolute atomic E-state index is 11.5. The first-order chi connectivity index (χ1) is 7.87. The molecule has 17 heavy (non-hydrogen) atoms. The summed E-state index contributed by atoms with van der Waals surface area (Å²) in [6, 6.07) is 3.90. The summed E-state index contributed by atoms with van der Waals surface area (Å²) in [7, 11) is 0. The average Bonchev–Trinajstić information content (AvgIpc) is 2.25. The van der Waals surface area contributed by atoms with Gasteiger partial charge in [-0.25, -0.2) is 0 Å². The van der Waals surface area contributed by atoms with Crippen molar-refractivity contribution < 1.29 is 4.79 Å². The predicted molar refractivity (Wildman–Crippen MR) is 68.3 cm³/mol. The summed E-state index contributed by atoms with van der Waals surface area (Å²) in [5, 5.41) is 2.86. The highest BCUT2D eigenvalue weighted by Crippen LogP contribution is 2.06. The second-order valence-electron chi connectivity index (χ2n) is 5.07. The lowest BCUT2D eigenvalue weighted by atomic mass is 10.00. The molecule has 0 bridgehead atoms. The lowest BCUT2D eigenvalue weighted by molar-refractivity contribution is -0.121. The van der Waals surface area contributed by atoms with Gasteiger partial charge in [-0.05, 0) is 38.8 Å². The number of carbonyl (C=O) groups excluding carboxylic acids is 1. The van der Waals surface area contributed by atoms with Crippen LogP contribution in [0.3, 0.4) is 0 Å². The summed E-state index contributed by atoms with van der Waals surface area (Å²) in [5.41, 5.74) is 7.52. The monoisotopic (exact) mass is 235 g/mol. The van der Waals surface area contributed by atoms with Gasteiger partial charge in [-0.2, -0.15) is 0 Å². The molecule has 1 heterocycles. The van der Waals surface area contributed by atoms with E-state index in [0.717, 1.165) is 11.3 Å². The molecule has 0 saturated carbocycles. The van der Waals surface area contributed by atoms with Crippen molar-refractivity contribution in [2.75, 3.05) is 0 Å². The number of hydrogen-bond acceptors (Lipinski definition) is 3. The molecular weight excluding hydrogens is 214 g/mol. The highest BCUT2D eigenvalue weighted by Gasteiger charge is 2.12. The summed E-state index contributed by atoms with van der Waals surface area (Å²) in [6.45, 7) is 6.30. The summed E-state index contributed by atoms with van der Waals surface area (Å²) in [6.07, 6.45) is 2.93. The molecule has 1 aromatic heterocycles. The van der Waals surface area contributed by atoms with Gasteiger partial charge in [0.05, 0.1) is 0 Å². The molecule has 1 rings (SSSR count). The van der Waals surface area contributed by atoms with Gasteiger partial charge in [-0.15, -0.1) is 0 Å². The molecule has 94 valence electrons. The topological polar surface area (TPSA) is 68.0 Å². The number of nitrogens with one attached hydrogen (secondary N) is 1. The van der Waals surface area contributed by atoms with E-state index >= 15 is 0 Å². The number of aromatic nitrogens is 1. The Kier molecular flexibility index (Phi) is 4.63. The fraction of sp³-hybridized carbons (Fsp3) is 0.538. The minimum Gasteiger partial charge on any atom is -0.352 e. The maximum atomic E-state index is 11.5. The van der Waals surface area contributed by atoms with Crippen molar-refractivity contribution in [3.05, 3.63) is 29.6 Å². The van der Waals surface area contributed by atoms with Crippen molar-refractivity contribution in [3.63, 3.8) is 0 Å². The van der Waals surface area contributed by atoms with Crippen LogP contribution in [-0.4, -0.2) is 16.4 Å². The van der Waals surface area contributed by atoms with E-state index in [9.17, 15) is 4.79 Å². The first-order valence-electron chi connectivity index (χ1n) is 5.84. The van der Waals surface area contributed by atoms with E-state index in [2.05, 4.69) is 10.3 Å².